The molecule has 6 heteroatoms. The fourth-order valence-electron chi connectivity index (χ4n) is 1.31. The van der Waals surface area contributed by atoms with Crippen molar-refractivity contribution < 1.29 is 14.9 Å². The van der Waals surface area contributed by atoms with Gasteiger partial charge in [0.1, 0.15) is 5.69 Å². The van der Waals surface area contributed by atoms with Crippen molar-refractivity contribution in [1.29, 1.82) is 0 Å². The van der Waals surface area contributed by atoms with Crippen molar-refractivity contribution in [3.8, 4) is 11.4 Å². The molecule has 0 atom stereocenters. The number of nitrogens with zero attached hydrogens (tertiary/aromatic N) is 3. The van der Waals surface area contributed by atoms with Gasteiger partial charge in [-0.1, -0.05) is 0 Å². The van der Waals surface area contributed by atoms with Crippen LogP contribution in [-0.4, -0.2) is 15.1 Å². The lowest BCUT2D eigenvalue weighted by Gasteiger charge is -1.96. The summed E-state index contributed by atoms with van der Waals surface area (Å²) in [6.07, 6.45) is 2.76. The molecule has 0 aromatic carbocycles. The van der Waals surface area contributed by atoms with Crippen molar-refractivity contribution in [2.75, 3.05) is 0 Å². The Morgan fingerprint density at radius 1 is 1.38 bits per heavy atom. The van der Waals surface area contributed by atoms with Crippen LogP contribution in [0.4, 0.5) is 5.69 Å². The summed E-state index contributed by atoms with van der Waals surface area (Å²) < 4.78 is 0.867. The third-order valence-corrected chi connectivity index (χ3v) is 2.06. The zero-order valence-electron chi connectivity index (χ0n) is 8.15. The van der Waals surface area contributed by atoms with Gasteiger partial charge in [-0.3, -0.25) is 15.3 Å². The Balaban J connectivity index is 2.53. The highest BCUT2D eigenvalue weighted by molar-refractivity contribution is 5.54. The maximum atomic E-state index is 10.6. The second-order valence-electron chi connectivity index (χ2n) is 3.09. The van der Waals surface area contributed by atoms with Gasteiger partial charge in [0.2, 0.25) is 6.20 Å². The Kier molecular flexibility index (Phi) is 2.47. The molecule has 0 radical (unpaired) electrons. The van der Waals surface area contributed by atoms with E-state index < -0.39 is 4.92 Å². The summed E-state index contributed by atoms with van der Waals surface area (Å²) in [7, 11) is 0. The summed E-state index contributed by atoms with van der Waals surface area (Å²) in [6, 6.07) is 7.58. The van der Waals surface area contributed by atoms with E-state index in [4.69, 9.17) is 0 Å². The van der Waals surface area contributed by atoms with Crippen LogP contribution in [0.15, 0.2) is 42.7 Å². The summed E-state index contributed by atoms with van der Waals surface area (Å²) in [6.45, 7) is 0. The first-order chi connectivity index (χ1) is 7.68. The summed E-state index contributed by atoms with van der Waals surface area (Å²) in [5.74, 6) is 0. The molecule has 2 heterocycles. The summed E-state index contributed by atoms with van der Waals surface area (Å²) in [5, 5.41) is 20.1. The minimum Gasteiger partial charge on any atom is -0.284 e. The van der Waals surface area contributed by atoms with E-state index in [0.717, 1.165) is 4.73 Å². The molecule has 0 bridgehead atoms. The fraction of sp³-hybridized carbons (Fsp3) is 0. The van der Waals surface area contributed by atoms with Gasteiger partial charge >= 0.3 is 0 Å². The molecule has 0 saturated carbocycles. The summed E-state index contributed by atoms with van der Waals surface area (Å²) in [5.41, 5.74) is 0.678. The van der Waals surface area contributed by atoms with E-state index in [0.29, 0.717) is 11.4 Å². The van der Waals surface area contributed by atoms with Crippen LogP contribution >= 0.6 is 0 Å². The van der Waals surface area contributed by atoms with Crippen molar-refractivity contribution in [1.82, 2.24) is 4.98 Å². The van der Waals surface area contributed by atoms with Gasteiger partial charge in [0, 0.05) is 35.2 Å². The molecule has 0 saturated heterocycles. The largest absolute Gasteiger partial charge is 0.284 e. The van der Waals surface area contributed by atoms with Gasteiger partial charge in [0.25, 0.3) is 11.4 Å². The SMILES string of the molecule is O=[N+]([O-])c1ccnc(-c2cccc[n+]2O)c1. The lowest BCUT2D eigenvalue weighted by atomic mass is 10.2. The van der Waals surface area contributed by atoms with Gasteiger partial charge < -0.3 is 0 Å². The third-order valence-electron chi connectivity index (χ3n) is 2.06. The molecule has 6 nitrogen and oxygen atoms in total. The number of aromatic nitrogens is 2. The van der Waals surface area contributed by atoms with Crippen molar-refractivity contribution in [3.05, 3.63) is 52.8 Å². The van der Waals surface area contributed by atoms with Crippen LogP contribution in [0.5, 0.6) is 0 Å². The normalized spacial score (nSPS) is 10.0. The van der Waals surface area contributed by atoms with Crippen LogP contribution in [0.3, 0.4) is 0 Å². The van der Waals surface area contributed by atoms with Gasteiger partial charge in [-0.15, -0.1) is 0 Å². The first kappa shape index (κ1) is 10.0. The topological polar surface area (TPSA) is 80.1 Å². The standard InChI is InChI=1S/C10H8N3O3/c14-12-6-2-1-3-10(12)9-7-8(13(15)16)4-5-11-9/h1-7,14H/q+1. The predicted octanol–water partition coefficient (Wildman–Crippen LogP) is 1.18. The molecule has 16 heavy (non-hydrogen) atoms. The Hall–Kier alpha value is -2.50. The number of nitro groups is 1. The van der Waals surface area contributed by atoms with Crippen LogP contribution in [0.2, 0.25) is 0 Å². The van der Waals surface area contributed by atoms with E-state index in [-0.39, 0.29) is 5.69 Å². The van der Waals surface area contributed by atoms with Crippen molar-refractivity contribution in [2.45, 2.75) is 0 Å². The minimum atomic E-state index is -0.504. The van der Waals surface area contributed by atoms with Gasteiger partial charge in [0.15, 0.2) is 0 Å². The van der Waals surface area contributed by atoms with Crippen LogP contribution in [0.25, 0.3) is 11.4 Å². The van der Waals surface area contributed by atoms with Crippen molar-refractivity contribution in [2.24, 2.45) is 0 Å². The van der Waals surface area contributed by atoms with E-state index >= 15 is 0 Å². The van der Waals surface area contributed by atoms with Crippen LogP contribution in [0, 0.1) is 10.1 Å². The molecule has 0 aliphatic carbocycles. The Morgan fingerprint density at radius 3 is 2.88 bits per heavy atom. The molecule has 0 unspecified atom stereocenters. The monoisotopic (exact) mass is 218 g/mol. The molecular formula is C10H8N3O3+. The fourth-order valence-corrected chi connectivity index (χ4v) is 1.31. The molecule has 1 N–H and O–H groups in total. The van der Waals surface area contributed by atoms with Crippen molar-refractivity contribution >= 4 is 5.69 Å². The molecule has 0 aliphatic heterocycles. The summed E-state index contributed by atoms with van der Waals surface area (Å²) >= 11 is 0. The quantitative estimate of drug-likeness (QED) is 0.355. The molecule has 2 aromatic rings. The average Bonchev–Trinajstić information content (AvgIpc) is 2.30. The molecule has 0 aliphatic rings. The Labute approximate surface area is 90.5 Å². The second-order valence-corrected chi connectivity index (χ2v) is 3.09. The van der Waals surface area contributed by atoms with E-state index in [9.17, 15) is 15.3 Å². The molecule has 0 amide bonds. The van der Waals surface area contributed by atoms with Gasteiger partial charge in [-0.25, -0.2) is 4.98 Å². The molecule has 0 spiro atoms. The molecular weight excluding hydrogens is 210 g/mol. The van der Waals surface area contributed by atoms with Crippen LogP contribution in [0.1, 0.15) is 0 Å². The highest BCUT2D eigenvalue weighted by Gasteiger charge is 2.16. The minimum absolute atomic E-state index is 0.0612. The van der Waals surface area contributed by atoms with Gasteiger partial charge in [0.05, 0.1) is 4.92 Å². The lowest BCUT2D eigenvalue weighted by Crippen LogP contribution is -2.32. The number of rotatable bonds is 2. The Morgan fingerprint density at radius 2 is 2.19 bits per heavy atom. The Bertz CT molecular complexity index is 542. The van der Waals surface area contributed by atoms with Gasteiger partial charge in [-0.05, 0) is 6.07 Å². The molecule has 2 rings (SSSR count). The molecule has 80 valence electrons. The third kappa shape index (κ3) is 1.81. The highest BCUT2D eigenvalue weighted by Crippen LogP contribution is 2.17. The summed E-state index contributed by atoms with van der Waals surface area (Å²) in [4.78, 5) is 14.0. The van der Waals surface area contributed by atoms with E-state index in [1.54, 1.807) is 18.2 Å². The highest BCUT2D eigenvalue weighted by atomic mass is 16.6. The molecule has 0 fully saturated rings. The number of hydrogen-bond acceptors (Lipinski definition) is 4. The van der Waals surface area contributed by atoms with Gasteiger partial charge in [-0.2, -0.15) is 0 Å². The zero-order chi connectivity index (χ0) is 11.5. The lowest BCUT2D eigenvalue weighted by molar-refractivity contribution is -0.896. The zero-order valence-corrected chi connectivity index (χ0v) is 8.15. The van der Waals surface area contributed by atoms with Crippen LogP contribution in [-0.2, 0) is 0 Å². The van der Waals surface area contributed by atoms with E-state index in [1.807, 2.05) is 0 Å². The predicted molar refractivity (Wildman–Crippen MR) is 53.7 cm³/mol. The smallest absolute Gasteiger partial charge is 0.282 e. The first-order valence-electron chi connectivity index (χ1n) is 4.49. The average molecular weight is 218 g/mol. The van der Waals surface area contributed by atoms with Crippen molar-refractivity contribution in [3.63, 3.8) is 0 Å². The second kappa shape index (κ2) is 3.93. The van der Waals surface area contributed by atoms with Crippen LogP contribution < -0.4 is 4.73 Å². The number of pyridine rings is 2. The molecule has 2 aromatic heterocycles. The maximum absolute atomic E-state index is 10.6. The van der Waals surface area contributed by atoms with E-state index in [1.165, 1.54) is 24.5 Å². The maximum Gasteiger partial charge on any atom is 0.282 e. The first-order valence-corrected chi connectivity index (χ1v) is 4.49. The van der Waals surface area contributed by atoms with E-state index in [2.05, 4.69) is 4.98 Å². The number of hydrogen-bond donors (Lipinski definition) is 1.